The molecule has 0 radical (unpaired) electrons. The number of amides is 3. The van der Waals surface area contributed by atoms with Crippen LogP contribution in [0.4, 0.5) is 52.4 Å². The van der Waals surface area contributed by atoms with Crippen LogP contribution in [-0.2, 0) is 0 Å². The van der Waals surface area contributed by atoms with Crippen LogP contribution in [0.1, 0.15) is 127 Å². The van der Waals surface area contributed by atoms with Crippen molar-refractivity contribution >= 4 is 103 Å². The van der Waals surface area contributed by atoms with E-state index in [0.717, 1.165) is 167 Å². The van der Waals surface area contributed by atoms with Crippen molar-refractivity contribution in [1.29, 1.82) is 0 Å². The van der Waals surface area contributed by atoms with E-state index in [9.17, 15) is 14.4 Å². The molecule has 3 saturated heterocycles. The standard InChI is InChI=1S/3C23H30N8O/c3*1-29(2)22(32)19-13-16-14-26-23(28-21(16)31(19)17-5-3-4-6-17)27-20-8-7-18(15-25-20)30-11-9-24-10-12-30/h3*7-8,13-15,17,24H,3-6,9-12H2,1-2H3,(H,25,26,27,28). The van der Waals surface area contributed by atoms with E-state index in [1.165, 1.54) is 38.5 Å². The summed E-state index contributed by atoms with van der Waals surface area (Å²) in [5.74, 6) is 3.55. The molecule has 0 aromatic carbocycles. The third-order valence-electron chi connectivity index (χ3n) is 19.1. The molecule has 3 amide bonds. The Morgan fingerprint density at radius 3 is 0.865 bits per heavy atom. The van der Waals surface area contributed by atoms with E-state index in [1.54, 1.807) is 75.6 Å². The number of hydrogen-bond acceptors (Lipinski definition) is 21. The Hall–Kier alpha value is -9.60. The van der Waals surface area contributed by atoms with Crippen molar-refractivity contribution in [1.82, 2.24) is 89.2 Å². The first-order valence-corrected chi connectivity index (χ1v) is 34.2. The molecule has 6 N–H and O–H groups in total. The van der Waals surface area contributed by atoms with Gasteiger partial charge in [0.15, 0.2) is 0 Å². The summed E-state index contributed by atoms with van der Waals surface area (Å²) < 4.78 is 6.37. The minimum absolute atomic E-state index is 0.00502. The van der Waals surface area contributed by atoms with Gasteiger partial charge in [-0.3, -0.25) is 14.4 Å². The average Bonchev–Trinajstić information content (AvgIpc) is 1.64. The lowest BCUT2D eigenvalue weighted by molar-refractivity contribution is 0.0808. The molecule has 3 aliphatic carbocycles. The predicted molar refractivity (Wildman–Crippen MR) is 377 cm³/mol. The van der Waals surface area contributed by atoms with Gasteiger partial charge in [-0.2, -0.15) is 15.0 Å². The number of nitrogens with one attached hydrogen (secondary N) is 6. The zero-order valence-electron chi connectivity index (χ0n) is 56.1. The molecule has 15 rings (SSSR count). The van der Waals surface area contributed by atoms with Crippen molar-refractivity contribution in [2.45, 2.75) is 95.2 Å². The Morgan fingerprint density at radius 1 is 0.375 bits per heavy atom. The molecule has 0 atom stereocenters. The third-order valence-corrected chi connectivity index (χ3v) is 19.1. The maximum atomic E-state index is 12.9. The summed E-state index contributed by atoms with van der Waals surface area (Å²) in [6.07, 6.45) is 24.5. The molecule has 27 heteroatoms. The Morgan fingerprint density at radius 2 is 0.635 bits per heavy atom. The first kappa shape index (κ1) is 65.1. The van der Waals surface area contributed by atoms with Crippen molar-refractivity contribution in [3.8, 4) is 0 Å². The lowest BCUT2D eigenvalue weighted by atomic mass is 10.2. The molecule has 3 saturated carbocycles. The number of rotatable bonds is 15. The number of pyridine rings is 3. The minimum atomic E-state index is -0.00502. The van der Waals surface area contributed by atoms with Crippen molar-refractivity contribution in [3.63, 3.8) is 0 Å². The smallest absolute Gasteiger partial charge is 0.270 e. The van der Waals surface area contributed by atoms with Crippen LogP contribution in [-0.4, -0.2) is 212 Å². The first-order valence-electron chi connectivity index (χ1n) is 34.2. The Kier molecular flexibility index (Phi) is 20.1. The number of aromatic nitrogens is 12. The van der Waals surface area contributed by atoms with Crippen LogP contribution in [0.15, 0.2) is 91.8 Å². The topological polar surface area (TPSA) is 274 Å². The fourth-order valence-electron chi connectivity index (χ4n) is 14.0. The zero-order valence-corrected chi connectivity index (χ0v) is 56.1. The molecular weight excluding hydrogens is 1210 g/mol. The van der Waals surface area contributed by atoms with Crippen molar-refractivity contribution in [2.24, 2.45) is 0 Å². The van der Waals surface area contributed by atoms with Gasteiger partial charge in [0.1, 0.15) is 51.5 Å². The van der Waals surface area contributed by atoms with E-state index in [1.807, 2.05) is 55.0 Å². The van der Waals surface area contributed by atoms with E-state index in [4.69, 9.17) is 15.0 Å². The van der Waals surface area contributed by atoms with Crippen LogP contribution in [0.3, 0.4) is 0 Å². The second-order valence-electron chi connectivity index (χ2n) is 26.3. The Bertz CT molecular complexity index is 3710. The molecule has 9 aromatic heterocycles. The number of carbonyl (C=O) groups is 3. The monoisotopic (exact) mass is 1300 g/mol. The van der Waals surface area contributed by atoms with E-state index < -0.39 is 0 Å². The summed E-state index contributed by atoms with van der Waals surface area (Å²) in [4.78, 5) is 91.9. The number of hydrogen-bond donors (Lipinski definition) is 6. The Labute approximate surface area is 559 Å². The van der Waals surface area contributed by atoms with Crippen molar-refractivity contribution in [2.75, 3.05) is 151 Å². The summed E-state index contributed by atoms with van der Waals surface area (Å²) in [5, 5.41) is 22.4. The number of fused-ring (bicyclic) bond motifs is 3. The van der Waals surface area contributed by atoms with Gasteiger partial charge < -0.3 is 75.0 Å². The number of nitrogens with zero attached hydrogens (tertiary/aromatic N) is 18. The quantitative estimate of drug-likeness (QED) is 0.0562. The van der Waals surface area contributed by atoms with Crippen molar-refractivity contribution < 1.29 is 14.4 Å². The summed E-state index contributed by atoms with van der Waals surface area (Å²) in [5.41, 5.74) is 7.82. The molecule has 0 unspecified atom stereocenters. The van der Waals surface area contributed by atoms with Gasteiger partial charge in [0.05, 0.1) is 35.7 Å². The van der Waals surface area contributed by atoms with Gasteiger partial charge in [0, 0.05) is 174 Å². The van der Waals surface area contributed by atoms with Gasteiger partial charge in [-0.1, -0.05) is 38.5 Å². The molecule has 6 aliphatic rings. The van der Waals surface area contributed by atoms with Crippen molar-refractivity contribution in [3.05, 3.63) is 109 Å². The molecule has 27 nitrogen and oxygen atoms in total. The maximum absolute atomic E-state index is 12.9. The van der Waals surface area contributed by atoms with Crippen LogP contribution in [0, 0.1) is 0 Å². The summed E-state index contributed by atoms with van der Waals surface area (Å²) in [6, 6.07) is 18.8. The van der Waals surface area contributed by atoms with Crippen LogP contribution < -0.4 is 46.6 Å². The number of carbonyl (C=O) groups excluding carboxylic acids is 3. The molecule has 504 valence electrons. The summed E-state index contributed by atoms with van der Waals surface area (Å²) >= 11 is 0. The fraction of sp³-hybridized carbons (Fsp3) is 0.478. The molecule has 0 spiro atoms. The summed E-state index contributed by atoms with van der Waals surface area (Å²) in [6.45, 7) is 11.9. The molecule has 12 heterocycles. The fourth-order valence-corrected chi connectivity index (χ4v) is 14.0. The van der Waals surface area contributed by atoms with Gasteiger partial charge in [-0.15, -0.1) is 0 Å². The van der Waals surface area contributed by atoms with Crippen LogP contribution >= 0.6 is 0 Å². The Balaban J connectivity index is 0.000000130. The molecule has 3 aliphatic heterocycles. The van der Waals surface area contributed by atoms with E-state index in [2.05, 4.69) is 108 Å². The highest BCUT2D eigenvalue weighted by molar-refractivity contribution is 5.99. The summed E-state index contributed by atoms with van der Waals surface area (Å²) in [7, 11) is 10.7. The number of piperazine rings is 3. The van der Waals surface area contributed by atoms with Crippen LogP contribution in [0.25, 0.3) is 33.1 Å². The van der Waals surface area contributed by atoms with Gasteiger partial charge in [0.2, 0.25) is 17.8 Å². The number of anilines is 9. The van der Waals surface area contributed by atoms with E-state index in [-0.39, 0.29) is 17.7 Å². The third kappa shape index (κ3) is 14.6. The van der Waals surface area contributed by atoms with Gasteiger partial charge in [0.25, 0.3) is 17.7 Å². The zero-order chi connectivity index (χ0) is 66.2. The minimum Gasteiger partial charge on any atom is -0.368 e. The second-order valence-corrected chi connectivity index (χ2v) is 26.3. The maximum Gasteiger partial charge on any atom is 0.270 e. The first-order chi connectivity index (χ1) is 46.8. The van der Waals surface area contributed by atoms with Crippen LogP contribution in [0.5, 0.6) is 0 Å². The van der Waals surface area contributed by atoms with Gasteiger partial charge in [-0.25, -0.2) is 29.9 Å². The highest BCUT2D eigenvalue weighted by Gasteiger charge is 2.30. The predicted octanol–water partition coefficient (Wildman–Crippen LogP) is 8.39. The molecular formula is C69H90N24O3. The molecule has 6 fully saturated rings. The molecule has 9 aromatic rings. The largest absolute Gasteiger partial charge is 0.368 e. The normalized spacial score (nSPS) is 17.1. The highest BCUT2D eigenvalue weighted by atomic mass is 16.2. The van der Waals surface area contributed by atoms with E-state index in [0.29, 0.717) is 70.5 Å². The van der Waals surface area contributed by atoms with Gasteiger partial charge >= 0.3 is 0 Å². The van der Waals surface area contributed by atoms with Gasteiger partial charge in [-0.05, 0) is 93.1 Å². The van der Waals surface area contributed by atoms with E-state index >= 15 is 0 Å². The second kappa shape index (κ2) is 29.6. The SMILES string of the molecule is CN(C)C(=O)c1cc2cnc(Nc3ccc(N4CCNCC4)cn3)nc2n1C1CCCC1.CN(C)C(=O)c1cc2cnc(Nc3ccc(N4CCNCC4)cn3)nc2n1C1CCCC1.CN(C)C(=O)c1cc2cnc(Nc3ccc(N4CCNCC4)cn3)nc2n1C1CCCC1. The highest BCUT2D eigenvalue weighted by Crippen LogP contribution is 2.38. The lowest BCUT2D eigenvalue weighted by Crippen LogP contribution is -2.43. The van der Waals surface area contributed by atoms with Crippen LogP contribution in [0.2, 0.25) is 0 Å². The average molecular weight is 1300 g/mol. The lowest BCUT2D eigenvalue weighted by Gasteiger charge is -2.29. The molecule has 0 bridgehead atoms. The molecule has 96 heavy (non-hydrogen) atoms.